The van der Waals surface area contributed by atoms with Gasteiger partial charge in [-0.2, -0.15) is 0 Å². The Morgan fingerprint density at radius 3 is 1.59 bits per heavy atom. The summed E-state index contributed by atoms with van der Waals surface area (Å²) in [6.07, 6.45) is 6.02. The molecule has 0 amide bonds. The molecule has 8 heteroatoms. The molecule has 0 spiro atoms. The fourth-order valence-corrected chi connectivity index (χ4v) is 6.83. The Hall–Kier alpha value is -3.16. The van der Waals surface area contributed by atoms with Crippen molar-refractivity contribution in [2.45, 2.75) is 70.1 Å². The zero-order valence-electron chi connectivity index (χ0n) is 22.5. The fraction of sp³-hybridized carbons (Fsp3) is 0.394. The maximum atomic E-state index is 15.2. The van der Waals surface area contributed by atoms with E-state index in [1.165, 1.54) is 6.07 Å². The highest BCUT2D eigenvalue weighted by molar-refractivity contribution is 5.69. The molecular formula is C33H30F8. The molecule has 0 aromatic heterocycles. The van der Waals surface area contributed by atoms with Gasteiger partial charge in [-0.3, -0.25) is 0 Å². The van der Waals surface area contributed by atoms with Crippen LogP contribution in [0.4, 0.5) is 35.1 Å². The van der Waals surface area contributed by atoms with Gasteiger partial charge in [-0.05, 0) is 123 Å². The van der Waals surface area contributed by atoms with Crippen molar-refractivity contribution >= 4 is 5.83 Å². The average Bonchev–Trinajstić information content (AvgIpc) is 2.95. The highest BCUT2D eigenvalue weighted by Gasteiger charge is 2.34. The first-order valence-electron chi connectivity index (χ1n) is 14.0. The molecule has 0 radical (unpaired) electrons. The molecule has 0 heterocycles. The summed E-state index contributed by atoms with van der Waals surface area (Å²) in [7, 11) is 0. The number of rotatable bonds is 5. The molecule has 0 saturated heterocycles. The summed E-state index contributed by atoms with van der Waals surface area (Å²) >= 11 is 0. The molecule has 218 valence electrons. The van der Waals surface area contributed by atoms with Gasteiger partial charge in [0, 0.05) is 16.7 Å². The number of hydrogen-bond donors (Lipinski definition) is 0. The van der Waals surface area contributed by atoms with Gasteiger partial charge in [0.05, 0.1) is 0 Å². The molecule has 2 fully saturated rings. The summed E-state index contributed by atoms with van der Waals surface area (Å²) < 4.78 is 113. The Morgan fingerprint density at radius 2 is 1.10 bits per heavy atom. The van der Waals surface area contributed by atoms with Gasteiger partial charge in [0.15, 0.2) is 23.3 Å². The summed E-state index contributed by atoms with van der Waals surface area (Å²) in [5, 5.41) is 0. The maximum Gasteiger partial charge on any atom is 0.194 e. The van der Waals surface area contributed by atoms with E-state index >= 15 is 8.78 Å². The molecule has 2 aliphatic carbocycles. The zero-order chi connectivity index (χ0) is 29.4. The third-order valence-corrected chi connectivity index (χ3v) is 9.01. The van der Waals surface area contributed by atoms with E-state index in [9.17, 15) is 26.3 Å². The molecule has 2 saturated carbocycles. The van der Waals surface area contributed by atoms with Crippen LogP contribution in [0.25, 0.3) is 17.0 Å². The number of halogens is 8. The van der Waals surface area contributed by atoms with E-state index in [1.807, 2.05) is 0 Å². The smallest absolute Gasteiger partial charge is 0.194 e. The zero-order valence-corrected chi connectivity index (χ0v) is 22.5. The first-order valence-corrected chi connectivity index (χ1v) is 14.0. The van der Waals surface area contributed by atoms with Crippen molar-refractivity contribution in [3.8, 4) is 11.1 Å². The third kappa shape index (κ3) is 6.07. The maximum absolute atomic E-state index is 15.2. The van der Waals surface area contributed by atoms with Crippen LogP contribution in [0.3, 0.4) is 0 Å². The standard InChI is InChI=1S/C33H30F8/c1-17(34)32(40)22-10-11-25(26(35)12-22)24-15-27(36)31(28(37)16-24)21-8-6-19(7-9-21)18-2-4-20(5-3-18)23-13-29(38)33(41)30(39)14-23/h10-16,18-21H,2-9H2,1H3/b32-17+. The lowest BCUT2D eigenvalue weighted by Crippen LogP contribution is -2.25. The fourth-order valence-electron chi connectivity index (χ4n) is 6.83. The Labute approximate surface area is 234 Å². The van der Waals surface area contributed by atoms with Crippen molar-refractivity contribution in [2.24, 2.45) is 11.8 Å². The van der Waals surface area contributed by atoms with Crippen LogP contribution in [0, 0.1) is 46.7 Å². The van der Waals surface area contributed by atoms with Gasteiger partial charge in [0.2, 0.25) is 0 Å². The van der Waals surface area contributed by atoms with Gasteiger partial charge >= 0.3 is 0 Å². The van der Waals surface area contributed by atoms with Crippen molar-refractivity contribution in [3.05, 3.63) is 99.9 Å². The second-order valence-corrected chi connectivity index (χ2v) is 11.4. The first kappa shape index (κ1) is 29.3. The number of hydrogen-bond acceptors (Lipinski definition) is 0. The minimum atomic E-state index is -1.46. The summed E-state index contributed by atoms with van der Waals surface area (Å²) in [5.74, 6) is -8.12. The van der Waals surface area contributed by atoms with Crippen molar-refractivity contribution < 1.29 is 35.1 Å². The van der Waals surface area contributed by atoms with Crippen molar-refractivity contribution in [1.29, 1.82) is 0 Å². The Balaban J connectivity index is 1.22. The predicted molar refractivity (Wildman–Crippen MR) is 142 cm³/mol. The van der Waals surface area contributed by atoms with Crippen LogP contribution in [-0.2, 0) is 0 Å². The molecule has 2 aliphatic rings. The lowest BCUT2D eigenvalue weighted by molar-refractivity contribution is 0.175. The lowest BCUT2D eigenvalue weighted by Gasteiger charge is -2.38. The van der Waals surface area contributed by atoms with E-state index in [-0.39, 0.29) is 34.1 Å². The summed E-state index contributed by atoms with van der Waals surface area (Å²) in [6, 6.07) is 7.45. The molecule has 3 aromatic carbocycles. The molecular weight excluding hydrogens is 548 g/mol. The lowest BCUT2D eigenvalue weighted by atomic mass is 9.67. The second kappa shape index (κ2) is 12.0. The second-order valence-electron chi connectivity index (χ2n) is 11.4. The van der Waals surface area contributed by atoms with Crippen LogP contribution in [0.2, 0.25) is 0 Å². The van der Waals surface area contributed by atoms with Crippen molar-refractivity contribution in [2.75, 3.05) is 0 Å². The van der Waals surface area contributed by atoms with Crippen molar-refractivity contribution in [3.63, 3.8) is 0 Å². The van der Waals surface area contributed by atoms with Crippen LogP contribution in [0.1, 0.15) is 86.8 Å². The minimum Gasteiger partial charge on any atom is -0.209 e. The van der Waals surface area contributed by atoms with E-state index < -0.39 is 46.6 Å². The molecule has 0 bridgehead atoms. The van der Waals surface area contributed by atoms with Crippen LogP contribution in [-0.4, -0.2) is 0 Å². The van der Waals surface area contributed by atoms with Crippen LogP contribution < -0.4 is 0 Å². The molecule has 5 rings (SSSR count). The largest absolute Gasteiger partial charge is 0.209 e. The SMILES string of the molecule is C/C(F)=C(\F)c1ccc(-c2cc(F)c(C3CCC(C4CCC(c5cc(F)c(F)c(F)c5)CC4)CC3)c(F)c2)c(F)c1. The quantitative estimate of drug-likeness (QED) is 0.209. The molecule has 0 unspecified atom stereocenters. The van der Waals surface area contributed by atoms with E-state index in [0.717, 1.165) is 81.8 Å². The van der Waals surface area contributed by atoms with Crippen LogP contribution >= 0.6 is 0 Å². The minimum absolute atomic E-state index is 0.0182. The normalized spacial score (nSPS) is 23.8. The molecule has 0 N–H and O–H groups in total. The third-order valence-electron chi connectivity index (χ3n) is 9.01. The highest BCUT2D eigenvalue weighted by atomic mass is 19.2. The highest BCUT2D eigenvalue weighted by Crippen LogP contribution is 2.47. The number of allylic oxidation sites excluding steroid dienone is 1. The van der Waals surface area contributed by atoms with Gasteiger partial charge in [-0.1, -0.05) is 12.1 Å². The van der Waals surface area contributed by atoms with Gasteiger partial charge < -0.3 is 0 Å². The van der Waals surface area contributed by atoms with Crippen molar-refractivity contribution in [1.82, 2.24) is 0 Å². The summed E-state index contributed by atoms with van der Waals surface area (Å²) in [4.78, 5) is 0. The van der Waals surface area contributed by atoms with Gasteiger partial charge in [-0.15, -0.1) is 0 Å². The summed E-state index contributed by atoms with van der Waals surface area (Å²) in [5.41, 5.74) is 0.0173. The number of benzene rings is 3. The predicted octanol–water partition coefficient (Wildman–Crippen LogP) is 11.1. The Kier molecular flexibility index (Phi) is 8.57. The van der Waals surface area contributed by atoms with Crippen LogP contribution in [0.15, 0.2) is 48.3 Å². The molecule has 0 atom stereocenters. The monoisotopic (exact) mass is 578 g/mol. The average molecular weight is 579 g/mol. The summed E-state index contributed by atoms with van der Waals surface area (Å²) in [6.45, 7) is 0.908. The van der Waals surface area contributed by atoms with Gasteiger partial charge in [0.25, 0.3) is 0 Å². The molecule has 3 aromatic rings. The van der Waals surface area contributed by atoms with E-state index in [1.54, 1.807) is 0 Å². The first-order chi connectivity index (χ1) is 19.5. The van der Waals surface area contributed by atoms with Gasteiger partial charge in [-0.25, -0.2) is 35.1 Å². The topological polar surface area (TPSA) is 0 Å². The van der Waals surface area contributed by atoms with Gasteiger partial charge in [0.1, 0.15) is 23.3 Å². The van der Waals surface area contributed by atoms with E-state index in [4.69, 9.17) is 0 Å². The van der Waals surface area contributed by atoms with E-state index in [0.29, 0.717) is 30.2 Å². The molecule has 0 nitrogen and oxygen atoms in total. The Morgan fingerprint density at radius 1 is 0.585 bits per heavy atom. The van der Waals surface area contributed by atoms with Crippen LogP contribution in [0.5, 0.6) is 0 Å². The van der Waals surface area contributed by atoms with E-state index in [2.05, 4.69) is 0 Å². The Bertz CT molecular complexity index is 1410. The molecule has 0 aliphatic heterocycles. The molecule has 41 heavy (non-hydrogen) atoms.